The molecule has 1 fully saturated rings. The molecule has 0 amide bonds. The van der Waals surface area contributed by atoms with E-state index in [2.05, 4.69) is 60.2 Å². The van der Waals surface area contributed by atoms with E-state index in [1.165, 1.54) is 35.4 Å². The molecule has 2 aliphatic rings. The number of amidine groups is 1. The molecule has 3 atom stereocenters. The molecule has 4 nitrogen and oxygen atoms in total. The van der Waals surface area contributed by atoms with Gasteiger partial charge in [0.05, 0.1) is 6.54 Å². The van der Waals surface area contributed by atoms with Gasteiger partial charge in [0, 0.05) is 36.2 Å². The van der Waals surface area contributed by atoms with E-state index in [0.717, 1.165) is 25.3 Å². The molecule has 0 aromatic rings. The van der Waals surface area contributed by atoms with Gasteiger partial charge >= 0.3 is 0 Å². The number of aliphatic imine (C=N–C) groups is 1. The second-order valence-electron chi connectivity index (χ2n) is 8.38. The standard InChI is InChI=1S/C25H41FN4S/c1-6-9-10-14-28-29-21-16-23-22(19(4)12-11-13-20(5)26)17-27-25(30(23)18-21)24(8-3)31-15-7-2/h7-8,11-12,15,19-21,28-29H,6,9-10,13-14,16-18H2,1-5H3/b12-11-,15-7-,24-8?. The Morgan fingerprint density at radius 1 is 1.32 bits per heavy atom. The van der Waals surface area contributed by atoms with Crippen molar-refractivity contribution in [3.8, 4) is 0 Å². The van der Waals surface area contributed by atoms with E-state index >= 15 is 0 Å². The summed E-state index contributed by atoms with van der Waals surface area (Å²) in [6, 6.07) is 0.349. The summed E-state index contributed by atoms with van der Waals surface area (Å²) in [5.74, 6) is 1.34. The molecule has 31 heavy (non-hydrogen) atoms. The molecule has 2 aliphatic heterocycles. The minimum absolute atomic E-state index is 0.259. The highest BCUT2D eigenvalue weighted by molar-refractivity contribution is 8.06. The Hall–Kier alpha value is -1.37. The first kappa shape index (κ1) is 25.9. The SMILES string of the molecule is CC=C(S/C=C\C)C1=NCC(C(C)/C=C\CC(C)F)=C2CC(NNCCCCC)CN12. The third-order valence-electron chi connectivity index (χ3n) is 5.65. The van der Waals surface area contributed by atoms with Crippen LogP contribution in [0.5, 0.6) is 0 Å². The van der Waals surface area contributed by atoms with E-state index in [9.17, 15) is 4.39 Å². The Morgan fingerprint density at radius 2 is 2.13 bits per heavy atom. The zero-order chi connectivity index (χ0) is 22.6. The zero-order valence-corrected chi connectivity index (χ0v) is 20.8. The molecule has 2 rings (SSSR count). The molecule has 1 saturated heterocycles. The summed E-state index contributed by atoms with van der Waals surface area (Å²) in [6.07, 6.45) is 12.7. The molecule has 3 unspecified atom stereocenters. The summed E-state index contributed by atoms with van der Waals surface area (Å²) in [6.45, 7) is 12.8. The second-order valence-corrected chi connectivity index (χ2v) is 9.32. The van der Waals surface area contributed by atoms with Gasteiger partial charge in [0.2, 0.25) is 0 Å². The highest BCUT2D eigenvalue weighted by atomic mass is 32.2. The number of nitrogens with one attached hydrogen (secondary N) is 2. The Balaban J connectivity index is 2.17. The number of nitrogens with zero attached hydrogens (tertiary/aromatic N) is 2. The largest absolute Gasteiger partial charge is 0.328 e. The van der Waals surface area contributed by atoms with Crippen molar-refractivity contribution in [2.24, 2.45) is 10.9 Å². The summed E-state index contributed by atoms with van der Waals surface area (Å²) in [7, 11) is 0. The third-order valence-corrected chi connectivity index (χ3v) is 6.73. The average Bonchev–Trinajstić information content (AvgIpc) is 3.17. The van der Waals surface area contributed by atoms with Crippen LogP contribution in [0.3, 0.4) is 0 Å². The number of allylic oxidation sites excluding steroid dienone is 4. The number of hydrogen-bond donors (Lipinski definition) is 2. The fourth-order valence-electron chi connectivity index (χ4n) is 3.97. The highest BCUT2D eigenvalue weighted by Gasteiger charge is 2.35. The van der Waals surface area contributed by atoms with Crippen LogP contribution in [0, 0.1) is 5.92 Å². The zero-order valence-electron chi connectivity index (χ0n) is 20.0. The lowest BCUT2D eigenvalue weighted by molar-refractivity contribution is 0.365. The Morgan fingerprint density at radius 3 is 2.81 bits per heavy atom. The van der Waals surface area contributed by atoms with Crippen LogP contribution in [0.25, 0.3) is 0 Å². The molecule has 0 spiro atoms. The number of halogens is 1. The number of rotatable bonds is 13. The second kappa shape index (κ2) is 13.9. The smallest absolute Gasteiger partial charge is 0.142 e. The van der Waals surface area contributed by atoms with Crippen LogP contribution in [-0.4, -0.2) is 42.6 Å². The molecule has 174 valence electrons. The van der Waals surface area contributed by atoms with Crippen LogP contribution >= 0.6 is 11.8 Å². The van der Waals surface area contributed by atoms with Gasteiger partial charge in [0.25, 0.3) is 0 Å². The lowest BCUT2D eigenvalue weighted by Crippen LogP contribution is -2.43. The van der Waals surface area contributed by atoms with E-state index in [-0.39, 0.29) is 5.92 Å². The maximum Gasteiger partial charge on any atom is 0.142 e. The molecule has 6 heteroatoms. The fraction of sp³-hybridized carbons (Fsp3) is 0.640. The topological polar surface area (TPSA) is 39.7 Å². The van der Waals surface area contributed by atoms with E-state index in [1.54, 1.807) is 18.7 Å². The highest BCUT2D eigenvalue weighted by Crippen LogP contribution is 2.36. The van der Waals surface area contributed by atoms with Gasteiger partial charge in [0.15, 0.2) is 0 Å². The molecular formula is C25H41FN4S. The third kappa shape index (κ3) is 7.92. The Bertz CT molecular complexity index is 708. The van der Waals surface area contributed by atoms with Gasteiger partial charge in [-0.2, -0.15) is 0 Å². The van der Waals surface area contributed by atoms with Crippen molar-refractivity contribution in [3.63, 3.8) is 0 Å². The maximum absolute atomic E-state index is 13.2. The Labute approximate surface area is 193 Å². The average molecular weight is 449 g/mol. The summed E-state index contributed by atoms with van der Waals surface area (Å²) in [5.41, 5.74) is 9.71. The molecule has 0 saturated carbocycles. The summed E-state index contributed by atoms with van der Waals surface area (Å²) < 4.78 is 13.2. The molecule has 0 aromatic heterocycles. The van der Waals surface area contributed by atoms with Crippen molar-refractivity contribution < 1.29 is 4.39 Å². The van der Waals surface area contributed by atoms with Crippen molar-refractivity contribution >= 4 is 17.6 Å². The first-order valence-corrected chi connectivity index (χ1v) is 12.7. The minimum Gasteiger partial charge on any atom is -0.328 e. The lowest BCUT2D eigenvalue weighted by Gasteiger charge is -2.31. The van der Waals surface area contributed by atoms with Crippen LogP contribution in [0.4, 0.5) is 4.39 Å². The van der Waals surface area contributed by atoms with Gasteiger partial charge in [-0.1, -0.05) is 62.8 Å². The van der Waals surface area contributed by atoms with Crippen molar-refractivity contribution in [2.75, 3.05) is 19.6 Å². The van der Waals surface area contributed by atoms with Gasteiger partial charge in [-0.25, -0.2) is 4.39 Å². The van der Waals surface area contributed by atoms with Crippen LogP contribution in [0.1, 0.15) is 66.7 Å². The lowest BCUT2D eigenvalue weighted by atomic mass is 9.95. The van der Waals surface area contributed by atoms with Crippen molar-refractivity contribution in [1.29, 1.82) is 0 Å². The van der Waals surface area contributed by atoms with E-state index in [0.29, 0.717) is 19.0 Å². The maximum atomic E-state index is 13.2. The molecule has 0 aromatic carbocycles. The van der Waals surface area contributed by atoms with Crippen LogP contribution in [0.2, 0.25) is 0 Å². The Kier molecular flexibility index (Phi) is 11.6. The number of alkyl halides is 1. The van der Waals surface area contributed by atoms with Crippen LogP contribution in [-0.2, 0) is 0 Å². The molecular weight excluding hydrogens is 407 g/mol. The monoisotopic (exact) mass is 448 g/mol. The van der Waals surface area contributed by atoms with Crippen LogP contribution in [0.15, 0.2) is 50.9 Å². The molecule has 0 aliphatic carbocycles. The van der Waals surface area contributed by atoms with Gasteiger partial charge < -0.3 is 4.90 Å². The summed E-state index contributed by atoms with van der Waals surface area (Å²) in [4.78, 5) is 8.60. The minimum atomic E-state index is -0.798. The number of fused-ring (bicyclic) bond motifs is 1. The van der Waals surface area contributed by atoms with Gasteiger partial charge in [0.1, 0.15) is 12.0 Å². The number of hydrazine groups is 1. The quantitative estimate of drug-likeness (QED) is 0.202. The fourth-order valence-corrected chi connectivity index (χ4v) is 4.66. The summed E-state index contributed by atoms with van der Waals surface area (Å²) >= 11 is 1.73. The van der Waals surface area contributed by atoms with Gasteiger partial charge in [-0.15, -0.1) is 0 Å². The predicted molar refractivity (Wildman–Crippen MR) is 135 cm³/mol. The first-order chi connectivity index (χ1) is 15.0. The van der Waals surface area contributed by atoms with Crippen LogP contribution < -0.4 is 10.9 Å². The first-order valence-electron chi connectivity index (χ1n) is 11.8. The molecule has 2 heterocycles. The van der Waals surface area contributed by atoms with Crippen molar-refractivity contribution in [1.82, 2.24) is 15.8 Å². The van der Waals surface area contributed by atoms with Gasteiger partial charge in [-0.05, 0) is 50.5 Å². The van der Waals surface area contributed by atoms with E-state index in [4.69, 9.17) is 4.99 Å². The number of unbranched alkanes of at least 4 members (excludes halogenated alkanes) is 2. The molecule has 2 N–H and O–H groups in total. The molecule has 0 bridgehead atoms. The normalized spacial score (nSPS) is 21.9. The molecule has 0 radical (unpaired) electrons. The van der Waals surface area contributed by atoms with Crippen molar-refractivity contribution in [2.45, 2.75) is 78.9 Å². The number of thioether (sulfide) groups is 1. The number of hydrogen-bond acceptors (Lipinski definition) is 5. The van der Waals surface area contributed by atoms with E-state index in [1.807, 2.05) is 13.0 Å². The van der Waals surface area contributed by atoms with Gasteiger partial charge in [-0.3, -0.25) is 15.8 Å². The van der Waals surface area contributed by atoms with Crippen molar-refractivity contribution in [3.05, 3.63) is 45.9 Å². The predicted octanol–water partition coefficient (Wildman–Crippen LogP) is 6.12. The summed E-state index contributed by atoms with van der Waals surface area (Å²) in [5, 5.41) is 2.11. The van der Waals surface area contributed by atoms with E-state index < -0.39 is 6.17 Å².